The van der Waals surface area contributed by atoms with Crippen LogP contribution in [-0.4, -0.2) is 4.98 Å². The smallest absolute Gasteiger partial charge is 0.248 e. The standard InChI is InChI=1S/C10H9NO.C2H6/c1-7-9-5-3-2-4-8(9)6-10(12)11-7;1-2/h2-6H,1H3,(H,11,12);1-2H3. The largest absolute Gasteiger partial charge is 0.326 e. The molecular formula is C12H15NO. The van der Waals surface area contributed by atoms with Crippen LogP contribution in [0.3, 0.4) is 0 Å². The first-order valence-electron chi connectivity index (χ1n) is 4.86. The average molecular weight is 189 g/mol. The van der Waals surface area contributed by atoms with Gasteiger partial charge >= 0.3 is 0 Å². The lowest BCUT2D eigenvalue weighted by atomic mass is 10.1. The first-order valence-corrected chi connectivity index (χ1v) is 4.86. The number of H-pyrrole nitrogens is 1. The molecule has 0 radical (unpaired) electrons. The molecule has 0 amide bonds. The van der Waals surface area contributed by atoms with Crippen molar-refractivity contribution in [3.63, 3.8) is 0 Å². The van der Waals surface area contributed by atoms with Gasteiger partial charge in [0.15, 0.2) is 0 Å². The van der Waals surface area contributed by atoms with Gasteiger partial charge in [0.1, 0.15) is 0 Å². The van der Waals surface area contributed by atoms with Crippen molar-refractivity contribution < 1.29 is 0 Å². The maximum absolute atomic E-state index is 11.0. The van der Waals surface area contributed by atoms with Crippen molar-refractivity contribution in [2.45, 2.75) is 20.8 Å². The molecule has 2 nitrogen and oxygen atoms in total. The van der Waals surface area contributed by atoms with Crippen LogP contribution in [-0.2, 0) is 0 Å². The Hall–Kier alpha value is -1.57. The lowest BCUT2D eigenvalue weighted by Gasteiger charge is -1.99. The minimum atomic E-state index is -0.0359. The van der Waals surface area contributed by atoms with Crippen LogP contribution in [0.15, 0.2) is 35.1 Å². The van der Waals surface area contributed by atoms with Crippen LogP contribution in [0.2, 0.25) is 0 Å². The van der Waals surface area contributed by atoms with E-state index < -0.39 is 0 Å². The van der Waals surface area contributed by atoms with E-state index in [0.717, 1.165) is 16.5 Å². The summed E-state index contributed by atoms with van der Waals surface area (Å²) in [5.74, 6) is 0. The van der Waals surface area contributed by atoms with Gasteiger partial charge in [0, 0.05) is 17.1 Å². The lowest BCUT2D eigenvalue weighted by molar-refractivity contribution is 1.17. The Kier molecular flexibility index (Phi) is 3.46. The van der Waals surface area contributed by atoms with Gasteiger partial charge in [-0.1, -0.05) is 38.1 Å². The molecule has 1 aromatic carbocycles. The highest BCUT2D eigenvalue weighted by Crippen LogP contribution is 2.12. The number of rotatable bonds is 0. The van der Waals surface area contributed by atoms with E-state index in [-0.39, 0.29) is 5.56 Å². The molecule has 1 N–H and O–H groups in total. The molecule has 0 aliphatic heterocycles. The molecule has 14 heavy (non-hydrogen) atoms. The molecule has 1 heterocycles. The van der Waals surface area contributed by atoms with Crippen LogP contribution in [0, 0.1) is 6.92 Å². The summed E-state index contributed by atoms with van der Waals surface area (Å²) in [5.41, 5.74) is 0.893. The van der Waals surface area contributed by atoms with Gasteiger partial charge in [0.2, 0.25) is 5.56 Å². The summed E-state index contributed by atoms with van der Waals surface area (Å²) >= 11 is 0. The number of hydrogen-bond donors (Lipinski definition) is 1. The zero-order chi connectivity index (χ0) is 10.6. The summed E-state index contributed by atoms with van der Waals surface area (Å²) in [7, 11) is 0. The molecule has 0 unspecified atom stereocenters. The van der Waals surface area contributed by atoms with E-state index in [1.54, 1.807) is 6.07 Å². The fraction of sp³-hybridized carbons (Fsp3) is 0.250. The lowest BCUT2D eigenvalue weighted by Crippen LogP contribution is -2.04. The third-order valence-electron chi connectivity index (χ3n) is 1.96. The number of aromatic nitrogens is 1. The molecule has 2 aromatic rings. The Morgan fingerprint density at radius 2 is 1.79 bits per heavy atom. The number of hydrogen-bond acceptors (Lipinski definition) is 1. The normalized spacial score (nSPS) is 9.36. The molecule has 0 saturated carbocycles. The maximum Gasteiger partial charge on any atom is 0.248 e. The molecular weight excluding hydrogens is 174 g/mol. The summed E-state index contributed by atoms with van der Waals surface area (Å²) in [4.78, 5) is 13.8. The second-order valence-corrected chi connectivity index (χ2v) is 2.85. The molecule has 0 atom stereocenters. The van der Waals surface area contributed by atoms with E-state index in [1.807, 2.05) is 45.0 Å². The van der Waals surface area contributed by atoms with E-state index in [0.29, 0.717) is 0 Å². The molecule has 0 aliphatic rings. The van der Waals surface area contributed by atoms with E-state index in [2.05, 4.69) is 4.98 Å². The van der Waals surface area contributed by atoms with Crippen molar-refractivity contribution in [2.75, 3.05) is 0 Å². The fourth-order valence-corrected chi connectivity index (χ4v) is 1.39. The van der Waals surface area contributed by atoms with Crippen molar-refractivity contribution in [1.82, 2.24) is 4.98 Å². The Morgan fingerprint density at radius 3 is 2.50 bits per heavy atom. The average Bonchev–Trinajstić information content (AvgIpc) is 2.20. The summed E-state index contributed by atoms with van der Waals surface area (Å²) in [6, 6.07) is 9.45. The van der Waals surface area contributed by atoms with Gasteiger partial charge in [-0.15, -0.1) is 0 Å². The molecule has 0 spiro atoms. The molecule has 0 aliphatic carbocycles. The number of pyridine rings is 1. The van der Waals surface area contributed by atoms with Crippen molar-refractivity contribution in [3.05, 3.63) is 46.4 Å². The van der Waals surface area contributed by atoms with Crippen molar-refractivity contribution in [1.29, 1.82) is 0 Å². The van der Waals surface area contributed by atoms with Crippen LogP contribution in [0.5, 0.6) is 0 Å². The third kappa shape index (κ3) is 2.02. The summed E-state index contributed by atoms with van der Waals surface area (Å²) in [6.45, 7) is 5.91. The van der Waals surface area contributed by atoms with Gasteiger partial charge in [-0.3, -0.25) is 4.79 Å². The predicted molar refractivity (Wildman–Crippen MR) is 60.7 cm³/mol. The number of aryl methyl sites for hydroxylation is 1. The predicted octanol–water partition coefficient (Wildman–Crippen LogP) is 2.86. The quantitative estimate of drug-likeness (QED) is 0.679. The Labute approximate surface area is 83.6 Å². The Balaban J connectivity index is 0.000000461. The molecule has 0 fully saturated rings. The zero-order valence-electron chi connectivity index (χ0n) is 8.79. The van der Waals surface area contributed by atoms with E-state index in [1.165, 1.54) is 0 Å². The highest BCUT2D eigenvalue weighted by Gasteiger charge is 1.96. The highest BCUT2D eigenvalue weighted by atomic mass is 16.1. The number of benzene rings is 1. The fourth-order valence-electron chi connectivity index (χ4n) is 1.39. The molecule has 0 saturated heterocycles. The van der Waals surface area contributed by atoms with E-state index >= 15 is 0 Å². The second-order valence-electron chi connectivity index (χ2n) is 2.85. The minimum absolute atomic E-state index is 0.0359. The third-order valence-corrected chi connectivity index (χ3v) is 1.96. The monoisotopic (exact) mass is 189 g/mol. The van der Waals surface area contributed by atoms with Crippen molar-refractivity contribution in [3.8, 4) is 0 Å². The summed E-state index contributed by atoms with van der Waals surface area (Å²) in [5, 5.41) is 2.11. The zero-order valence-corrected chi connectivity index (χ0v) is 8.79. The van der Waals surface area contributed by atoms with Gasteiger partial charge in [0.25, 0.3) is 0 Å². The molecule has 2 heteroatoms. The van der Waals surface area contributed by atoms with Gasteiger partial charge in [-0.2, -0.15) is 0 Å². The number of fused-ring (bicyclic) bond motifs is 1. The first-order chi connectivity index (χ1) is 6.77. The molecule has 0 bridgehead atoms. The number of aromatic amines is 1. The maximum atomic E-state index is 11.0. The Bertz CT molecular complexity index is 471. The topological polar surface area (TPSA) is 32.9 Å². The SMILES string of the molecule is CC.Cc1[nH]c(=O)cc2ccccc12. The summed E-state index contributed by atoms with van der Waals surface area (Å²) in [6.07, 6.45) is 0. The van der Waals surface area contributed by atoms with Gasteiger partial charge < -0.3 is 4.98 Å². The van der Waals surface area contributed by atoms with Gasteiger partial charge in [-0.25, -0.2) is 0 Å². The molecule has 74 valence electrons. The van der Waals surface area contributed by atoms with Crippen LogP contribution in [0.1, 0.15) is 19.5 Å². The van der Waals surface area contributed by atoms with Crippen LogP contribution in [0.25, 0.3) is 10.8 Å². The minimum Gasteiger partial charge on any atom is -0.326 e. The Morgan fingerprint density at radius 1 is 1.14 bits per heavy atom. The molecule has 2 rings (SSSR count). The van der Waals surface area contributed by atoms with Crippen LogP contribution >= 0.6 is 0 Å². The van der Waals surface area contributed by atoms with E-state index in [4.69, 9.17) is 0 Å². The number of nitrogens with one attached hydrogen (secondary N) is 1. The van der Waals surface area contributed by atoms with Crippen molar-refractivity contribution >= 4 is 10.8 Å². The highest BCUT2D eigenvalue weighted by molar-refractivity contribution is 5.83. The molecule has 1 aromatic heterocycles. The van der Waals surface area contributed by atoms with Crippen LogP contribution in [0.4, 0.5) is 0 Å². The van der Waals surface area contributed by atoms with Gasteiger partial charge in [-0.05, 0) is 12.3 Å². The second kappa shape index (κ2) is 4.61. The van der Waals surface area contributed by atoms with E-state index in [9.17, 15) is 4.79 Å². The van der Waals surface area contributed by atoms with Crippen molar-refractivity contribution in [2.24, 2.45) is 0 Å². The first kappa shape index (κ1) is 10.5. The summed E-state index contributed by atoms with van der Waals surface area (Å²) < 4.78 is 0. The van der Waals surface area contributed by atoms with Crippen LogP contribution < -0.4 is 5.56 Å². The van der Waals surface area contributed by atoms with Gasteiger partial charge in [0.05, 0.1) is 0 Å².